The molecule has 0 saturated carbocycles. The van der Waals surface area contributed by atoms with Crippen molar-refractivity contribution >= 4 is 5.91 Å². The predicted octanol–water partition coefficient (Wildman–Crippen LogP) is 1.42. The Morgan fingerprint density at radius 1 is 1.33 bits per heavy atom. The molecule has 1 N–H and O–H groups in total. The quantitative estimate of drug-likeness (QED) is 0.883. The first-order valence-corrected chi connectivity index (χ1v) is 5.64. The van der Waals surface area contributed by atoms with Crippen LogP contribution in [0, 0.1) is 13.8 Å². The van der Waals surface area contributed by atoms with E-state index in [2.05, 4.69) is 20.3 Å². The van der Waals surface area contributed by atoms with E-state index in [1.165, 1.54) is 0 Å². The van der Waals surface area contributed by atoms with Gasteiger partial charge in [-0.3, -0.25) is 9.78 Å². The number of amides is 1. The average Bonchev–Trinajstić information content (AvgIpc) is 2.37. The molecule has 0 atom stereocenters. The minimum absolute atomic E-state index is 0.170. The van der Waals surface area contributed by atoms with Gasteiger partial charge < -0.3 is 5.32 Å². The van der Waals surface area contributed by atoms with Crippen LogP contribution in [0.15, 0.2) is 30.7 Å². The first-order chi connectivity index (χ1) is 8.66. The van der Waals surface area contributed by atoms with Crippen molar-refractivity contribution in [1.82, 2.24) is 20.3 Å². The SMILES string of the molecule is Cc1ncc(C(=O)NCc2cccnc2)c(C)n1. The van der Waals surface area contributed by atoms with Gasteiger partial charge in [-0.2, -0.15) is 0 Å². The monoisotopic (exact) mass is 242 g/mol. The number of carbonyl (C=O) groups is 1. The Balaban J connectivity index is 2.04. The number of nitrogens with one attached hydrogen (secondary N) is 1. The number of pyridine rings is 1. The number of hydrogen-bond acceptors (Lipinski definition) is 4. The van der Waals surface area contributed by atoms with Crippen molar-refractivity contribution < 1.29 is 4.79 Å². The molecule has 18 heavy (non-hydrogen) atoms. The summed E-state index contributed by atoms with van der Waals surface area (Å²) in [7, 11) is 0. The Bertz CT molecular complexity index is 554. The van der Waals surface area contributed by atoms with Crippen molar-refractivity contribution in [1.29, 1.82) is 0 Å². The number of rotatable bonds is 3. The Labute approximate surface area is 105 Å². The van der Waals surface area contributed by atoms with Crippen LogP contribution in [0.25, 0.3) is 0 Å². The maximum Gasteiger partial charge on any atom is 0.254 e. The molecule has 2 rings (SSSR count). The number of aryl methyl sites for hydroxylation is 2. The van der Waals surface area contributed by atoms with Crippen LogP contribution in [0.2, 0.25) is 0 Å². The molecule has 0 saturated heterocycles. The van der Waals surface area contributed by atoms with Gasteiger partial charge in [0.15, 0.2) is 0 Å². The lowest BCUT2D eigenvalue weighted by atomic mass is 10.2. The minimum Gasteiger partial charge on any atom is -0.348 e. The van der Waals surface area contributed by atoms with Crippen LogP contribution >= 0.6 is 0 Å². The molecule has 0 radical (unpaired) electrons. The highest BCUT2D eigenvalue weighted by atomic mass is 16.1. The van der Waals surface area contributed by atoms with E-state index in [0.29, 0.717) is 23.6 Å². The molecule has 1 amide bonds. The molecule has 5 heteroatoms. The summed E-state index contributed by atoms with van der Waals surface area (Å²) < 4.78 is 0. The summed E-state index contributed by atoms with van der Waals surface area (Å²) in [6, 6.07) is 3.74. The lowest BCUT2D eigenvalue weighted by Crippen LogP contribution is -2.24. The summed E-state index contributed by atoms with van der Waals surface area (Å²) in [5.41, 5.74) is 2.15. The van der Waals surface area contributed by atoms with Crippen LogP contribution in [0.1, 0.15) is 27.4 Å². The van der Waals surface area contributed by atoms with Gasteiger partial charge in [0.05, 0.1) is 11.3 Å². The summed E-state index contributed by atoms with van der Waals surface area (Å²) >= 11 is 0. The molecule has 5 nitrogen and oxygen atoms in total. The lowest BCUT2D eigenvalue weighted by molar-refractivity contribution is 0.0949. The maximum atomic E-state index is 11.9. The standard InChI is InChI=1S/C13H14N4O/c1-9-12(8-15-10(2)17-9)13(18)16-7-11-4-3-5-14-6-11/h3-6,8H,7H2,1-2H3,(H,16,18). The third-order valence-corrected chi connectivity index (χ3v) is 2.52. The molecule has 2 aromatic rings. The van der Waals surface area contributed by atoms with Gasteiger partial charge in [-0.15, -0.1) is 0 Å². The number of aromatic nitrogens is 3. The van der Waals surface area contributed by atoms with Crippen molar-refractivity contribution in [3.8, 4) is 0 Å². The second kappa shape index (κ2) is 5.35. The summed E-state index contributed by atoms with van der Waals surface area (Å²) in [5, 5.41) is 2.82. The van der Waals surface area contributed by atoms with Crippen molar-refractivity contribution in [3.05, 3.63) is 53.4 Å². The van der Waals surface area contributed by atoms with E-state index in [4.69, 9.17) is 0 Å². The van der Waals surface area contributed by atoms with Crippen molar-refractivity contribution in [3.63, 3.8) is 0 Å². The summed E-state index contributed by atoms with van der Waals surface area (Å²) in [5.74, 6) is 0.493. The Kier molecular flexibility index (Phi) is 3.62. The zero-order chi connectivity index (χ0) is 13.0. The van der Waals surface area contributed by atoms with Crippen molar-refractivity contribution in [2.75, 3.05) is 0 Å². The molecular weight excluding hydrogens is 228 g/mol. The molecule has 0 unspecified atom stereocenters. The molecule has 0 aromatic carbocycles. The molecule has 92 valence electrons. The molecule has 0 aliphatic heterocycles. The highest BCUT2D eigenvalue weighted by molar-refractivity contribution is 5.94. The van der Waals surface area contributed by atoms with E-state index in [-0.39, 0.29) is 5.91 Å². The highest BCUT2D eigenvalue weighted by Gasteiger charge is 2.10. The zero-order valence-electron chi connectivity index (χ0n) is 10.3. The molecule has 0 aliphatic carbocycles. The normalized spacial score (nSPS) is 10.1. The van der Waals surface area contributed by atoms with E-state index in [9.17, 15) is 4.79 Å². The topological polar surface area (TPSA) is 67.8 Å². The van der Waals surface area contributed by atoms with Crippen LogP contribution in [0.5, 0.6) is 0 Å². The number of carbonyl (C=O) groups excluding carboxylic acids is 1. The fraction of sp³-hybridized carbons (Fsp3) is 0.231. The molecule has 0 bridgehead atoms. The molecule has 0 spiro atoms. The molecule has 0 aliphatic rings. The molecule has 0 fully saturated rings. The van der Waals surface area contributed by atoms with Crippen LogP contribution in [-0.2, 0) is 6.54 Å². The van der Waals surface area contributed by atoms with Gasteiger partial charge in [0.2, 0.25) is 0 Å². The van der Waals surface area contributed by atoms with Crippen molar-refractivity contribution in [2.24, 2.45) is 0 Å². The van der Waals surface area contributed by atoms with E-state index < -0.39 is 0 Å². The van der Waals surface area contributed by atoms with Gasteiger partial charge in [0, 0.05) is 25.1 Å². The smallest absolute Gasteiger partial charge is 0.254 e. The van der Waals surface area contributed by atoms with Crippen LogP contribution < -0.4 is 5.32 Å². The highest BCUT2D eigenvalue weighted by Crippen LogP contribution is 2.04. The average molecular weight is 242 g/mol. The van der Waals surface area contributed by atoms with Crippen LogP contribution in [-0.4, -0.2) is 20.9 Å². The molecule has 2 heterocycles. The molecule has 2 aromatic heterocycles. The zero-order valence-corrected chi connectivity index (χ0v) is 10.3. The van der Waals surface area contributed by atoms with E-state index in [1.54, 1.807) is 32.4 Å². The minimum atomic E-state index is -0.170. The summed E-state index contributed by atoms with van der Waals surface area (Å²) in [6.07, 6.45) is 4.97. The Hall–Kier alpha value is -2.30. The largest absolute Gasteiger partial charge is 0.348 e. The van der Waals surface area contributed by atoms with Gasteiger partial charge in [0.25, 0.3) is 5.91 Å². The van der Waals surface area contributed by atoms with Crippen LogP contribution in [0.3, 0.4) is 0 Å². The number of nitrogens with zero attached hydrogens (tertiary/aromatic N) is 3. The number of hydrogen-bond donors (Lipinski definition) is 1. The first kappa shape index (κ1) is 12.2. The fourth-order valence-corrected chi connectivity index (χ4v) is 1.59. The van der Waals surface area contributed by atoms with Gasteiger partial charge >= 0.3 is 0 Å². The Morgan fingerprint density at radius 3 is 2.83 bits per heavy atom. The fourth-order valence-electron chi connectivity index (χ4n) is 1.59. The third-order valence-electron chi connectivity index (χ3n) is 2.52. The van der Waals surface area contributed by atoms with Gasteiger partial charge in [-0.25, -0.2) is 9.97 Å². The van der Waals surface area contributed by atoms with Crippen LogP contribution in [0.4, 0.5) is 0 Å². The second-order valence-electron chi connectivity index (χ2n) is 3.96. The summed E-state index contributed by atoms with van der Waals surface area (Å²) in [4.78, 5) is 24.1. The third kappa shape index (κ3) is 2.88. The van der Waals surface area contributed by atoms with E-state index in [0.717, 1.165) is 5.56 Å². The maximum absolute atomic E-state index is 11.9. The predicted molar refractivity (Wildman–Crippen MR) is 66.9 cm³/mol. The van der Waals surface area contributed by atoms with Crippen molar-refractivity contribution in [2.45, 2.75) is 20.4 Å². The van der Waals surface area contributed by atoms with E-state index >= 15 is 0 Å². The molecular formula is C13H14N4O. The Morgan fingerprint density at radius 2 is 2.17 bits per heavy atom. The first-order valence-electron chi connectivity index (χ1n) is 5.64. The van der Waals surface area contributed by atoms with E-state index in [1.807, 2.05) is 12.1 Å². The summed E-state index contributed by atoms with van der Waals surface area (Å²) in [6.45, 7) is 4.04. The van der Waals surface area contributed by atoms with Gasteiger partial charge in [-0.1, -0.05) is 6.07 Å². The van der Waals surface area contributed by atoms with Gasteiger partial charge in [0.1, 0.15) is 5.82 Å². The van der Waals surface area contributed by atoms with Gasteiger partial charge in [-0.05, 0) is 25.5 Å². The lowest BCUT2D eigenvalue weighted by Gasteiger charge is -2.07. The second-order valence-corrected chi connectivity index (χ2v) is 3.96.